The highest BCUT2D eigenvalue weighted by atomic mass is 16.5. The summed E-state index contributed by atoms with van der Waals surface area (Å²) in [4.78, 5) is 11.4. The summed E-state index contributed by atoms with van der Waals surface area (Å²) in [7, 11) is 0. The number of carboxylic acid groups (broad SMARTS) is 1. The van der Waals surface area contributed by atoms with Crippen molar-refractivity contribution in [3.63, 3.8) is 0 Å². The van der Waals surface area contributed by atoms with Gasteiger partial charge in [0.25, 0.3) is 0 Å². The third kappa shape index (κ3) is 4.21. The highest BCUT2D eigenvalue weighted by Gasteiger charge is 2.13. The number of hydrogen-bond acceptors (Lipinski definition) is 3. The van der Waals surface area contributed by atoms with Crippen molar-refractivity contribution in [1.82, 2.24) is 0 Å². The molecule has 0 fully saturated rings. The van der Waals surface area contributed by atoms with E-state index in [4.69, 9.17) is 10.00 Å². The molecular formula is C19H17NO3. The quantitative estimate of drug-likeness (QED) is 0.612. The summed E-state index contributed by atoms with van der Waals surface area (Å²) in [5.74, 6) is -0.374. The van der Waals surface area contributed by atoms with E-state index in [1.165, 1.54) is 0 Å². The number of unbranched alkanes of at least 4 members (excludes halogenated alkanes) is 1. The average Bonchev–Trinajstić information content (AvgIpc) is 2.58. The van der Waals surface area contributed by atoms with Gasteiger partial charge < -0.3 is 9.84 Å². The topological polar surface area (TPSA) is 70.3 Å². The van der Waals surface area contributed by atoms with E-state index in [1.54, 1.807) is 42.5 Å². The lowest BCUT2D eigenvalue weighted by Crippen LogP contribution is -2.02. The van der Waals surface area contributed by atoms with E-state index < -0.39 is 5.97 Å². The molecule has 0 radical (unpaired) electrons. The Bertz CT molecular complexity index is 742. The fourth-order valence-electron chi connectivity index (χ4n) is 2.18. The molecule has 0 amide bonds. The van der Waals surface area contributed by atoms with Crippen LogP contribution in [0.15, 0.2) is 55.1 Å². The molecule has 4 nitrogen and oxygen atoms in total. The lowest BCUT2D eigenvalue weighted by atomic mass is 9.98. The Morgan fingerprint density at radius 3 is 2.61 bits per heavy atom. The predicted molar refractivity (Wildman–Crippen MR) is 88.5 cm³/mol. The molecule has 2 aromatic rings. The Kier molecular flexibility index (Phi) is 5.54. The van der Waals surface area contributed by atoms with Crippen LogP contribution in [0.3, 0.4) is 0 Å². The van der Waals surface area contributed by atoms with Gasteiger partial charge in [0.05, 0.1) is 23.8 Å². The third-order valence-electron chi connectivity index (χ3n) is 3.37. The van der Waals surface area contributed by atoms with E-state index in [0.717, 1.165) is 18.4 Å². The second kappa shape index (κ2) is 7.81. The molecular weight excluding hydrogens is 290 g/mol. The number of ether oxygens (including phenoxy) is 1. The maximum absolute atomic E-state index is 11.4. The number of benzene rings is 2. The van der Waals surface area contributed by atoms with Gasteiger partial charge in [0, 0.05) is 0 Å². The van der Waals surface area contributed by atoms with Gasteiger partial charge in [-0.05, 0) is 54.3 Å². The number of allylic oxidation sites excluding steroid dienone is 1. The van der Waals surface area contributed by atoms with E-state index in [1.807, 2.05) is 12.1 Å². The molecule has 0 spiro atoms. The molecule has 0 atom stereocenters. The SMILES string of the molecule is C=CCCCOc1ccc(C(=O)O)c(-c2ccc(C#N)cc2)c1. The van der Waals surface area contributed by atoms with Gasteiger partial charge in [0.15, 0.2) is 0 Å². The monoisotopic (exact) mass is 307 g/mol. The Balaban J connectivity index is 2.31. The molecule has 4 heteroatoms. The maximum atomic E-state index is 11.4. The minimum Gasteiger partial charge on any atom is -0.494 e. The smallest absolute Gasteiger partial charge is 0.336 e. The van der Waals surface area contributed by atoms with Gasteiger partial charge in [-0.1, -0.05) is 18.2 Å². The van der Waals surface area contributed by atoms with Crippen LogP contribution in [0.4, 0.5) is 0 Å². The molecule has 1 N–H and O–H groups in total. The van der Waals surface area contributed by atoms with E-state index >= 15 is 0 Å². The van der Waals surface area contributed by atoms with Gasteiger partial charge in [-0.15, -0.1) is 6.58 Å². The largest absolute Gasteiger partial charge is 0.494 e. The zero-order valence-corrected chi connectivity index (χ0v) is 12.7. The molecule has 0 aliphatic rings. The standard InChI is InChI=1S/C19H17NO3/c1-2-3-4-11-23-16-9-10-17(19(21)22)18(12-16)15-7-5-14(13-20)6-8-15/h2,5-10,12H,1,3-4,11H2,(H,21,22). The zero-order chi connectivity index (χ0) is 16.7. The summed E-state index contributed by atoms with van der Waals surface area (Å²) in [6, 6.07) is 13.8. The van der Waals surface area contributed by atoms with Crippen molar-refractivity contribution in [2.75, 3.05) is 6.61 Å². The molecule has 0 unspecified atom stereocenters. The maximum Gasteiger partial charge on any atom is 0.336 e. The summed E-state index contributed by atoms with van der Waals surface area (Å²) in [5.41, 5.74) is 2.04. The van der Waals surface area contributed by atoms with E-state index in [2.05, 4.69) is 6.58 Å². The third-order valence-corrected chi connectivity index (χ3v) is 3.37. The molecule has 0 bridgehead atoms. The van der Waals surface area contributed by atoms with Crippen molar-refractivity contribution in [2.24, 2.45) is 0 Å². The first-order valence-corrected chi connectivity index (χ1v) is 7.27. The van der Waals surface area contributed by atoms with Gasteiger partial charge in [0.2, 0.25) is 0 Å². The van der Waals surface area contributed by atoms with Crippen molar-refractivity contribution in [2.45, 2.75) is 12.8 Å². The molecule has 0 aliphatic carbocycles. The van der Waals surface area contributed by atoms with Crippen LogP contribution in [0.5, 0.6) is 5.75 Å². The fraction of sp³-hybridized carbons (Fsp3) is 0.158. The van der Waals surface area contributed by atoms with Crippen molar-refractivity contribution in [3.05, 3.63) is 66.2 Å². The normalized spacial score (nSPS) is 9.87. The predicted octanol–water partition coefficient (Wildman–Crippen LogP) is 4.27. The van der Waals surface area contributed by atoms with Crippen LogP contribution in [0.2, 0.25) is 0 Å². The molecule has 0 saturated carbocycles. The Hall–Kier alpha value is -3.06. The number of carbonyl (C=O) groups is 1. The summed E-state index contributed by atoms with van der Waals surface area (Å²) in [6.07, 6.45) is 3.56. The number of rotatable bonds is 7. The van der Waals surface area contributed by atoms with Crippen LogP contribution < -0.4 is 4.74 Å². The molecule has 0 heterocycles. The molecule has 23 heavy (non-hydrogen) atoms. The minimum absolute atomic E-state index is 0.202. The molecule has 0 aliphatic heterocycles. The van der Waals surface area contributed by atoms with Crippen LogP contribution >= 0.6 is 0 Å². The molecule has 0 aromatic heterocycles. The second-order valence-corrected chi connectivity index (χ2v) is 4.98. The van der Waals surface area contributed by atoms with Crippen molar-refractivity contribution in [3.8, 4) is 22.9 Å². The van der Waals surface area contributed by atoms with Crippen molar-refractivity contribution >= 4 is 5.97 Å². The fourth-order valence-corrected chi connectivity index (χ4v) is 2.18. The van der Waals surface area contributed by atoms with Crippen LogP contribution in [-0.2, 0) is 0 Å². The number of aromatic carboxylic acids is 1. The summed E-state index contributed by atoms with van der Waals surface area (Å²) >= 11 is 0. The highest BCUT2D eigenvalue weighted by Crippen LogP contribution is 2.28. The lowest BCUT2D eigenvalue weighted by molar-refractivity contribution is 0.0697. The Morgan fingerprint density at radius 2 is 2.00 bits per heavy atom. The van der Waals surface area contributed by atoms with Crippen LogP contribution in [0.1, 0.15) is 28.8 Å². The molecule has 2 aromatic carbocycles. The second-order valence-electron chi connectivity index (χ2n) is 4.98. The zero-order valence-electron chi connectivity index (χ0n) is 12.7. The molecule has 116 valence electrons. The first-order chi connectivity index (χ1) is 11.2. The average molecular weight is 307 g/mol. The van der Waals surface area contributed by atoms with Crippen molar-refractivity contribution in [1.29, 1.82) is 5.26 Å². The Labute approximate surface area is 135 Å². The number of hydrogen-bond donors (Lipinski definition) is 1. The van der Waals surface area contributed by atoms with Crippen LogP contribution in [0, 0.1) is 11.3 Å². The molecule has 0 saturated heterocycles. The highest BCUT2D eigenvalue weighted by molar-refractivity contribution is 5.96. The Morgan fingerprint density at radius 1 is 1.26 bits per heavy atom. The van der Waals surface area contributed by atoms with E-state index in [9.17, 15) is 9.90 Å². The minimum atomic E-state index is -0.998. The van der Waals surface area contributed by atoms with Gasteiger partial charge >= 0.3 is 5.97 Å². The number of nitrogens with zero attached hydrogens (tertiary/aromatic N) is 1. The van der Waals surface area contributed by atoms with Crippen LogP contribution in [0.25, 0.3) is 11.1 Å². The van der Waals surface area contributed by atoms with Gasteiger partial charge in [0.1, 0.15) is 5.75 Å². The summed E-state index contributed by atoms with van der Waals surface area (Å²) < 4.78 is 5.66. The van der Waals surface area contributed by atoms with Crippen LogP contribution in [-0.4, -0.2) is 17.7 Å². The summed E-state index contributed by atoms with van der Waals surface area (Å²) in [6.45, 7) is 4.21. The summed E-state index contributed by atoms with van der Waals surface area (Å²) in [5, 5.41) is 18.2. The van der Waals surface area contributed by atoms with E-state index in [-0.39, 0.29) is 5.56 Å². The lowest BCUT2D eigenvalue weighted by Gasteiger charge is -2.11. The van der Waals surface area contributed by atoms with E-state index in [0.29, 0.717) is 23.5 Å². The molecule has 2 rings (SSSR count). The first-order valence-electron chi connectivity index (χ1n) is 7.27. The van der Waals surface area contributed by atoms with Gasteiger partial charge in [-0.2, -0.15) is 5.26 Å². The van der Waals surface area contributed by atoms with Crippen molar-refractivity contribution < 1.29 is 14.6 Å². The van der Waals surface area contributed by atoms with Gasteiger partial charge in [-0.3, -0.25) is 0 Å². The number of nitriles is 1. The van der Waals surface area contributed by atoms with Gasteiger partial charge in [-0.25, -0.2) is 4.79 Å². The number of carboxylic acids is 1. The first kappa shape index (κ1) is 16.3.